The number of amides is 1. The Morgan fingerprint density at radius 2 is 1.95 bits per heavy atom. The van der Waals surface area contributed by atoms with Crippen LogP contribution in [0.4, 0.5) is 27.6 Å². The van der Waals surface area contributed by atoms with Crippen molar-refractivity contribution in [3.05, 3.63) is 46.9 Å². The summed E-state index contributed by atoms with van der Waals surface area (Å²) in [4.78, 5) is 24.9. The van der Waals surface area contributed by atoms with Crippen LogP contribution in [-0.4, -0.2) is 52.3 Å². The molecule has 0 spiro atoms. The first-order chi connectivity index (χ1) is 17.1. The fourth-order valence-corrected chi connectivity index (χ4v) is 5.43. The van der Waals surface area contributed by atoms with Gasteiger partial charge in [0.25, 0.3) is 5.91 Å². The normalized spacial score (nSPS) is 23.9. The van der Waals surface area contributed by atoms with Gasteiger partial charge < -0.3 is 20.5 Å². The van der Waals surface area contributed by atoms with Gasteiger partial charge >= 0.3 is 6.18 Å². The minimum absolute atomic E-state index is 0.0300. The van der Waals surface area contributed by atoms with Crippen molar-refractivity contribution in [2.45, 2.75) is 44.2 Å². The smallest absolute Gasteiger partial charge is 0.422 e. The van der Waals surface area contributed by atoms with E-state index in [2.05, 4.69) is 25.0 Å². The van der Waals surface area contributed by atoms with E-state index < -0.39 is 46.5 Å². The van der Waals surface area contributed by atoms with E-state index in [0.29, 0.717) is 0 Å². The number of thioether (sulfide) groups is 1. The molecule has 1 amide bonds. The first kappa shape index (κ1) is 28.6. The number of nitrogens with one attached hydrogen (secondary N) is 1. The van der Waals surface area contributed by atoms with Crippen molar-refractivity contribution in [2.24, 2.45) is 16.6 Å². The fourth-order valence-electron chi connectivity index (χ4n) is 4.13. The summed E-state index contributed by atoms with van der Waals surface area (Å²) in [7, 11) is 1.52. The number of nitrogens with two attached hydrogens (primary N) is 1. The number of aliphatic imine (C=N–C) groups is 1. The van der Waals surface area contributed by atoms with Crippen molar-refractivity contribution >= 4 is 28.5 Å². The van der Waals surface area contributed by atoms with E-state index >= 15 is 4.39 Å². The Hall–Kier alpha value is -3.00. The van der Waals surface area contributed by atoms with Crippen LogP contribution in [0.3, 0.4) is 0 Å². The molecule has 2 aromatic rings. The number of carbonyl (C=O) groups excluding carboxylic acids is 1. The number of aryl methyl sites for hydroxylation is 1. The number of benzene rings is 1. The Labute approximate surface area is 214 Å². The molecule has 2 heterocycles. The molecule has 0 aliphatic carbocycles. The summed E-state index contributed by atoms with van der Waals surface area (Å²) in [6.07, 6.45) is -3.71. The van der Waals surface area contributed by atoms with E-state index in [4.69, 9.17) is 10.5 Å². The summed E-state index contributed by atoms with van der Waals surface area (Å²) in [6.45, 7) is 5.37. The third kappa shape index (κ3) is 6.12. The van der Waals surface area contributed by atoms with Gasteiger partial charge in [-0.3, -0.25) is 9.79 Å². The SMILES string of the molecule is COC[C@@]1(C)SC(N)=N[C@](C)(c2cc(NC(=O)c3ncc(OCC(F)(F)F)nc3C)cc(F)c2F)C1C. The number of alkyl halides is 3. The highest BCUT2D eigenvalue weighted by Crippen LogP contribution is 2.50. The molecule has 3 N–H and O–H groups in total. The van der Waals surface area contributed by atoms with Crippen molar-refractivity contribution in [3.8, 4) is 5.88 Å². The summed E-state index contributed by atoms with van der Waals surface area (Å²) in [5, 5.41) is 2.61. The Morgan fingerprint density at radius 1 is 1.27 bits per heavy atom. The van der Waals surface area contributed by atoms with Crippen molar-refractivity contribution in [3.63, 3.8) is 0 Å². The van der Waals surface area contributed by atoms with Gasteiger partial charge in [-0.1, -0.05) is 18.7 Å². The van der Waals surface area contributed by atoms with Gasteiger partial charge in [-0.2, -0.15) is 13.2 Å². The maximum absolute atomic E-state index is 15.1. The maximum Gasteiger partial charge on any atom is 0.422 e. The van der Waals surface area contributed by atoms with E-state index in [1.54, 1.807) is 6.92 Å². The molecule has 0 bridgehead atoms. The molecule has 1 aromatic heterocycles. The predicted octanol–water partition coefficient (Wildman–Crippen LogP) is 4.57. The summed E-state index contributed by atoms with van der Waals surface area (Å²) >= 11 is 1.28. The van der Waals surface area contributed by atoms with E-state index in [0.717, 1.165) is 12.3 Å². The lowest BCUT2D eigenvalue weighted by atomic mass is 9.74. The van der Waals surface area contributed by atoms with Gasteiger partial charge in [-0.25, -0.2) is 18.7 Å². The summed E-state index contributed by atoms with van der Waals surface area (Å²) in [5.74, 6) is -4.00. The number of rotatable bonds is 7. The minimum Gasteiger partial charge on any atom is -0.467 e. The van der Waals surface area contributed by atoms with Crippen LogP contribution in [0.15, 0.2) is 23.3 Å². The molecule has 8 nitrogen and oxygen atoms in total. The number of ether oxygens (including phenoxy) is 2. The molecule has 0 saturated carbocycles. The van der Waals surface area contributed by atoms with Crippen LogP contribution in [0, 0.1) is 24.5 Å². The van der Waals surface area contributed by atoms with E-state index in [9.17, 15) is 22.4 Å². The van der Waals surface area contributed by atoms with Crippen LogP contribution in [0.2, 0.25) is 0 Å². The van der Waals surface area contributed by atoms with Crippen molar-refractivity contribution in [2.75, 3.05) is 25.6 Å². The Bertz CT molecular complexity index is 1230. The number of carbonyl (C=O) groups is 1. The van der Waals surface area contributed by atoms with Crippen LogP contribution >= 0.6 is 11.8 Å². The lowest BCUT2D eigenvalue weighted by molar-refractivity contribution is -0.154. The van der Waals surface area contributed by atoms with Crippen LogP contribution < -0.4 is 15.8 Å². The molecule has 0 fully saturated rings. The Morgan fingerprint density at radius 3 is 2.54 bits per heavy atom. The fraction of sp³-hybridized carbons (Fsp3) is 0.478. The van der Waals surface area contributed by atoms with Gasteiger partial charge in [-0.15, -0.1) is 0 Å². The molecule has 1 aliphatic rings. The number of halogens is 5. The van der Waals surface area contributed by atoms with Gasteiger partial charge in [0, 0.05) is 35.1 Å². The monoisotopic (exact) mass is 547 g/mol. The molecular formula is C23H26F5N5O3S. The second-order valence-corrected chi connectivity index (χ2v) is 10.5. The molecule has 3 atom stereocenters. The number of nitrogens with zero attached hydrogens (tertiary/aromatic N) is 3. The van der Waals surface area contributed by atoms with Gasteiger partial charge in [0.2, 0.25) is 5.88 Å². The third-order valence-corrected chi connectivity index (χ3v) is 7.46. The standard InChI is InChI=1S/C23H26F5N5O3S/c1-11-18(30-8-16(31-11)36-10-23(26,27)28)19(34)32-13-6-14(17(25)15(24)7-13)22(4)12(2)21(3,9-35-5)37-20(29)33-22/h6-8,12H,9-10H2,1-5H3,(H2,29,33)(H,32,34)/t12?,21-,22+/m1/s1. The number of hydrogen-bond acceptors (Lipinski definition) is 8. The minimum atomic E-state index is -4.57. The van der Waals surface area contributed by atoms with Gasteiger partial charge in [0.15, 0.2) is 23.4 Å². The summed E-state index contributed by atoms with van der Waals surface area (Å²) in [5.41, 5.74) is 4.26. The molecule has 1 aliphatic heterocycles. The highest BCUT2D eigenvalue weighted by atomic mass is 32.2. The van der Waals surface area contributed by atoms with Crippen molar-refractivity contribution in [1.29, 1.82) is 0 Å². The molecule has 37 heavy (non-hydrogen) atoms. The van der Waals surface area contributed by atoms with Crippen LogP contribution in [0.5, 0.6) is 5.88 Å². The summed E-state index contributed by atoms with van der Waals surface area (Å²) < 4.78 is 76.2. The van der Waals surface area contributed by atoms with E-state index in [-0.39, 0.29) is 40.3 Å². The second-order valence-electron chi connectivity index (χ2n) is 8.99. The number of anilines is 1. The zero-order chi connectivity index (χ0) is 27.8. The van der Waals surface area contributed by atoms with E-state index in [1.165, 1.54) is 31.9 Å². The van der Waals surface area contributed by atoms with E-state index in [1.807, 2.05) is 13.8 Å². The van der Waals surface area contributed by atoms with Gasteiger partial charge in [0.1, 0.15) is 5.69 Å². The molecule has 1 aromatic carbocycles. The topological polar surface area (TPSA) is 112 Å². The zero-order valence-electron chi connectivity index (χ0n) is 20.7. The number of amidine groups is 1. The molecule has 1 unspecified atom stereocenters. The maximum atomic E-state index is 15.1. The molecule has 0 radical (unpaired) electrons. The first-order valence-corrected chi connectivity index (χ1v) is 11.8. The van der Waals surface area contributed by atoms with Crippen LogP contribution in [0.1, 0.15) is 42.5 Å². The van der Waals surface area contributed by atoms with Crippen molar-refractivity contribution < 1.29 is 36.2 Å². The molecule has 14 heteroatoms. The first-order valence-electron chi connectivity index (χ1n) is 11.0. The number of methoxy groups -OCH3 is 1. The highest BCUT2D eigenvalue weighted by Gasteiger charge is 2.50. The summed E-state index contributed by atoms with van der Waals surface area (Å²) in [6, 6.07) is 2.06. The van der Waals surface area contributed by atoms with Gasteiger partial charge in [0.05, 0.1) is 24.0 Å². The third-order valence-electron chi connectivity index (χ3n) is 6.23. The Kier molecular flexibility index (Phi) is 8.03. The van der Waals surface area contributed by atoms with Crippen LogP contribution in [0.25, 0.3) is 0 Å². The average molecular weight is 548 g/mol. The largest absolute Gasteiger partial charge is 0.467 e. The van der Waals surface area contributed by atoms with Gasteiger partial charge in [-0.05, 0) is 26.8 Å². The predicted molar refractivity (Wildman–Crippen MR) is 129 cm³/mol. The van der Waals surface area contributed by atoms with Crippen LogP contribution in [-0.2, 0) is 10.3 Å². The average Bonchev–Trinajstić information content (AvgIpc) is 2.78. The highest BCUT2D eigenvalue weighted by molar-refractivity contribution is 8.15. The molecule has 3 rings (SSSR count). The molecule has 202 valence electrons. The van der Waals surface area contributed by atoms with Crippen molar-refractivity contribution in [1.82, 2.24) is 9.97 Å². The lowest BCUT2D eigenvalue weighted by Gasteiger charge is -2.47. The zero-order valence-corrected chi connectivity index (χ0v) is 21.5. The number of hydrogen-bond donors (Lipinski definition) is 2. The number of aromatic nitrogens is 2. The lowest BCUT2D eigenvalue weighted by Crippen LogP contribution is -2.50. The quantitative estimate of drug-likeness (QED) is 0.489. The molecular weight excluding hydrogens is 521 g/mol. The second kappa shape index (κ2) is 10.4. The Balaban J connectivity index is 1.93. The molecule has 0 saturated heterocycles.